The average molecular weight is 396 g/mol. The Bertz CT molecular complexity index is 927. The number of hydrogen-bond acceptors (Lipinski definition) is 3. The minimum Gasteiger partial charge on any atom is -0.347 e. The van der Waals surface area contributed by atoms with Gasteiger partial charge in [0.25, 0.3) is 0 Å². The third-order valence-corrected chi connectivity index (χ3v) is 5.50. The summed E-state index contributed by atoms with van der Waals surface area (Å²) in [6.07, 6.45) is -1.80. The summed E-state index contributed by atoms with van der Waals surface area (Å²) in [5.74, 6) is -0.907. The van der Waals surface area contributed by atoms with Gasteiger partial charge in [0.2, 0.25) is 5.91 Å². The predicted molar refractivity (Wildman–Crippen MR) is 92.4 cm³/mol. The molecule has 0 spiro atoms. The van der Waals surface area contributed by atoms with Gasteiger partial charge in [-0.25, -0.2) is 9.37 Å². The molecule has 3 heterocycles. The van der Waals surface area contributed by atoms with E-state index in [9.17, 15) is 22.4 Å². The van der Waals surface area contributed by atoms with Crippen molar-refractivity contribution in [1.82, 2.24) is 20.1 Å². The molecule has 1 N–H and O–H groups in total. The van der Waals surface area contributed by atoms with Gasteiger partial charge < -0.3 is 5.32 Å². The first-order valence-electron chi connectivity index (χ1n) is 9.15. The fourth-order valence-electron chi connectivity index (χ4n) is 4.11. The van der Waals surface area contributed by atoms with Crippen molar-refractivity contribution >= 4 is 5.91 Å². The van der Waals surface area contributed by atoms with E-state index >= 15 is 0 Å². The molecule has 5 nitrogen and oxygen atoms in total. The standard InChI is InChI=1S/C19H20F4N4O/c1-18(2)7-10(8-18)17(28)25-13-3-4-27-15(13)6-14(26-27)11-5-16(19(21,22)23)24-9-12(11)20/h5-6,9-10,13H,3-4,7-8H2,1-2H3,(H,25,28). The van der Waals surface area contributed by atoms with Gasteiger partial charge in [-0.1, -0.05) is 13.8 Å². The van der Waals surface area contributed by atoms with Gasteiger partial charge in [-0.2, -0.15) is 18.3 Å². The fourth-order valence-corrected chi connectivity index (χ4v) is 4.11. The van der Waals surface area contributed by atoms with Crippen LogP contribution in [0.1, 0.15) is 50.5 Å². The third-order valence-electron chi connectivity index (χ3n) is 5.50. The van der Waals surface area contributed by atoms with Crippen molar-refractivity contribution in [2.75, 3.05) is 0 Å². The zero-order valence-electron chi connectivity index (χ0n) is 15.5. The number of amides is 1. The van der Waals surface area contributed by atoms with Gasteiger partial charge in [-0.15, -0.1) is 0 Å². The SMILES string of the molecule is CC1(C)CC(C(=O)NC2CCn3nc(-c4cc(C(F)(F)F)ncc4F)cc32)C1. The highest BCUT2D eigenvalue weighted by Gasteiger charge is 2.41. The van der Waals surface area contributed by atoms with E-state index in [0.717, 1.165) is 12.8 Å². The lowest BCUT2D eigenvalue weighted by atomic mass is 9.64. The lowest BCUT2D eigenvalue weighted by Gasteiger charge is -2.41. The smallest absolute Gasteiger partial charge is 0.347 e. The summed E-state index contributed by atoms with van der Waals surface area (Å²) in [4.78, 5) is 15.5. The van der Waals surface area contributed by atoms with Crippen LogP contribution in [0.3, 0.4) is 0 Å². The summed E-state index contributed by atoms with van der Waals surface area (Å²) in [6, 6.07) is 1.93. The van der Waals surface area contributed by atoms with Gasteiger partial charge in [0.1, 0.15) is 5.69 Å². The van der Waals surface area contributed by atoms with Crippen LogP contribution < -0.4 is 5.32 Å². The van der Waals surface area contributed by atoms with E-state index in [1.165, 1.54) is 0 Å². The molecule has 1 amide bonds. The van der Waals surface area contributed by atoms with Crippen LogP contribution >= 0.6 is 0 Å². The number of aryl methyl sites for hydroxylation is 1. The summed E-state index contributed by atoms with van der Waals surface area (Å²) in [5.41, 5.74) is -0.470. The molecule has 0 saturated heterocycles. The summed E-state index contributed by atoms with van der Waals surface area (Å²) < 4.78 is 54.4. The number of carbonyl (C=O) groups excluding carboxylic acids is 1. The van der Waals surface area contributed by atoms with Gasteiger partial charge in [0.05, 0.1) is 23.6 Å². The van der Waals surface area contributed by atoms with Gasteiger partial charge in [-0.05, 0) is 36.8 Å². The number of pyridine rings is 1. The van der Waals surface area contributed by atoms with E-state index in [1.807, 2.05) is 0 Å². The zero-order chi connectivity index (χ0) is 20.3. The quantitative estimate of drug-likeness (QED) is 0.795. The molecule has 9 heteroatoms. The summed E-state index contributed by atoms with van der Waals surface area (Å²) in [6.45, 7) is 4.74. The average Bonchev–Trinajstić information content (AvgIpc) is 3.13. The molecule has 1 aliphatic heterocycles. The van der Waals surface area contributed by atoms with E-state index in [1.54, 1.807) is 10.7 Å². The molecule has 28 heavy (non-hydrogen) atoms. The number of nitrogens with zero attached hydrogens (tertiary/aromatic N) is 3. The minimum absolute atomic E-state index is 0.0153. The molecule has 0 radical (unpaired) electrons. The van der Waals surface area contributed by atoms with E-state index < -0.39 is 17.7 Å². The summed E-state index contributed by atoms with van der Waals surface area (Å²) in [5, 5.41) is 7.24. The Morgan fingerprint density at radius 2 is 2.00 bits per heavy atom. The highest BCUT2D eigenvalue weighted by molar-refractivity contribution is 5.80. The molecule has 1 unspecified atom stereocenters. The third kappa shape index (κ3) is 3.38. The van der Waals surface area contributed by atoms with Gasteiger partial charge in [0, 0.05) is 18.0 Å². The largest absolute Gasteiger partial charge is 0.433 e. The van der Waals surface area contributed by atoms with Crippen molar-refractivity contribution in [2.45, 2.75) is 51.9 Å². The number of alkyl halides is 3. The lowest BCUT2D eigenvalue weighted by molar-refractivity contribution is -0.141. The Kier molecular flexibility index (Phi) is 4.24. The van der Waals surface area contributed by atoms with Crippen molar-refractivity contribution in [3.8, 4) is 11.3 Å². The highest BCUT2D eigenvalue weighted by atomic mass is 19.4. The molecule has 4 rings (SSSR count). The monoisotopic (exact) mass is 396 g/mol. The highest BCUT2D eigenvalue weighted by Crippen LogP contribution is 2.45. The molecule has 2 aromatic rings. The molecule has 1 saturated carbocycles. The van der Waals surface area contributed by atoms with Crippen LogP contribution in [0, 0.1) is 17.2 Å². The van der Waals surface area contributed by atoms with Crippen LogP contribution in [0.15, 0.2) is 18.3 Å². The maximum Gasteiger partial charge on any atom is 0.433 e. The molecular weight excluding hydrogens is 376 g/mol. The zero-order valence-corrected chi connectivity index (χ0v) is 15.5. The second-order valence-corrected chi connectivity index (χ2v) is 8.34. The maximum absolute atomic E-state index is 14.1. The number of carbonyl (C=O) groups is 1. The molecule has 1 atom stereocenters. The molecule has 2 aromatic heterocycles. The van der Waals surface area contributed by atoms with Crippen LogP contribution in [-0.4, -0.2) is 20.7 Å². The predicted octanol–water partition coefficient (Wildman–Crippen LogP) is 4.10. The Balaban J connectivity index is 1.55. The number of aromatic nitrogens is 3. The van der Waals surface area contributed by atoms with Gasteiger partial charge in [-0.3, -0.25) is 9.48 Å². The second-order valence-electron chi connectivity index (χ2n) is 8.34. The minimum atomic E-state index is -4.67. The number of rotatable bonds is 3. The van der Waals surface area contributed by atoms with Crippen molar-refractivity contribution in [3.63, 3.8) is 0 Å². The number of halogens is 4. The lowest BCUT2D eigenvalue weighted by Crippen LogP contribution is -2.43. The van der Waals surface area contributed by atoms with Crippen molar-refractivity contribution in [3.05, 3.63) is 35.5 Å². The van der Waals surface area contributed by atoms with E-state index in [4.69, 9.17) is 0 Å². The molecule has 1 aliphatic carbocycles. The fraction of sp³-hybridized carbons (Fsp3) is 0.526. The Hall–Kier alpha value is -2.45. The van der Waals surface area contributed by atoms with E-state index in [2.05, 4.69) is 29.2 Å². The first-order valence-corrected chi connectivity index (χ1v) is 9.15. The number of fused-ring (bicyclic) bond motifs is 1. The van der Waals surface area contributed by atoms with Crippen LogP contribution in [0.25, 0.3) is 11.3 Å². The number of nitrogens with one attached hydrogen (secondary N) is 1. The molecule has 0 bridgehead atoms. The van der Waals surface area contributed by atoms with Gasteiger partial charge in [0.15, 0.2) is 5.82 Å². The number of hydrogen-bond donors (Lipinski definition) is 1. The van der Waals surface area contributed by atoms with Crippen LogP contribution in [0.2, 0.25) is 0 Å². The van der Waals surface area contributed by atoms with Crippen molar-refractivity contribution in [1.29, 1.82) is 0 Å². The second kappa shape index (κ2) is 6.28. The van der Waals surface area contributed by atoms with Gasteiger partial charge >= 0.3 is 6.18 Å². The summed E-state index contributed by atoms with van der Waals surface area (Å²) in [7, 11) is 0. The van der Waals surface area contributed by atoms with Crippen molar-refractivity contribution in [2.24, 2.45) is 11.3 Å². The molecule has 1 fully saturated rings. The Morgan fingerprint density at radius 3 is 2.64 bits per heavy atom. The van der Waals surface area contributed by atoms with Crippen molar-refractivity contribution < 1.29 is 22.4 Å². The Morgan fingerprint density at radius 1 is 1.29 bits per heavy atom. The normalized spacial score (nSPS) is 21.3. The maximum atomic E-state index is 14.1. The molecular formula is C19H20F4N4O. The van der Waals surface area contributed by atoms with Crippen LogP contribution in [0.5, 0.6) is 0 Å². The first kappa shape index (κ1) is 18.9. The summed E-state index contributed by atoms with van der Waals surface area (Å²) >= 11 is 0. The Labute approximate surface area is 159 Å². The first-order chi connectivity index (χ1) is 13.0. The van der Waals surface area contributed by atoms with E-state index in [-0.39, 0.29) is 34.5 Å². The molecule has 0 aromatic carbocycles. The topological polar surface area (TPSA) is 59.8 Å². The van der Waals surface area contributed by atoms with E-state index in [0.29, 0.717) is 30.9 Å². The van der Waals surface area contributed by atoms with Crippen LogP contribution in [0.4, 0.5) is 17.6 Å². The molecule has 150 valence electrons. The van der Waals surface area contributed by atoms with Crippen LogP contribution in [-0.2, 0) is 17.5 Å². The molecule has 2 aliphatic rings.